The maximum Gasteiger partial charge on any atom is 0.285 e. The lowest BCUT2D eigenvalue weighted by Crippen LogP contribution is -2.40. The molecule has 0 aliphatic heterocycles. The van der Waals surface area contributed by atoms with Gasteiger partial charge in [-0.05, 0) is 18.9 Å². The summed E-state index contributed by atoms with van der Waals surface area (Å²) >= 11 is 3.33. The molecule has 5 nitrogen and oxygen atoms in total. The first-order valence-corrected chi connectivity index (χ1v) is 7.11. The number of hydrogen-bond acceptors (Lipinski definition) is 3. The third kappa shape index (κ3) is 3.76. The van der Waals surface area contributed by atoms with Crippen LogP contribution in [0.5, 0.6) is 0 Å². The van der Waals surface area contributed by atoms with Crippen molar-refractivity contribution in [1.82, 2.24) is 5.32 Å². The molecule has 0 aliphatic carbocycles. The van der Waals surface area contributed by atoms with E-state index in [9.17, 15) is 14.9 Å². The molecule has 1 unspecified atom stereocenters. The second-order valence-electron chi connectivity index (χ2n) is 4.71. The molecule has 0 fully saturated rings. The van der Waals surface area contributed by atoms with E-state index >= 15 is 0 Å². The summed E-state index contributed by atoms with van der Waals surface area (Å²) in [6.07, 6.45) is 0. The minimum absolute atomic E-state index is 0.0624. The van der Waals surface area contributed by atoms with Crippen molar-refractivity contribution in [3.05, 3.63) is 39.4 Å². The van der Waals surface area contributed by atoms with Crippen molar-refractivity contribution in [2.75, 3.05) is 5.33 Å². The van der Waals surface area contributed by atoms with E-state index in [4.69, 9.17) is 0 Å². The maximum absolute atomic E-state index is 12.2. The number of para-hydroxylation sites is 1. The molecular weight excluding hydrogens is 312 g/mol. The minimum atomic E-state index is -0.511. The summed E-state index contributed by atoms with van der Waals surface area (Å²) in [5.41, 5.74) is 0.464. The second-order valence-corrected chi connectivity index (χ2v) is 5.35. The van der Waals surface area contributed by atoms with Gasteiger partial charge in [0.15, 0.2) is 0 Å². The van der Waals surface area contributed by atoms with Gasteiger partial charge in [-0.2, -0.15) is 0 Å². The molecule has 1 aromatic carbocycles. The third-order valence-electron chi connectivity index (χ3n) is 2.95. The van der Waals surface area contributed by atoms with Crippen molar-refractivity contribution in [2.24, 2.45) is 5.92 Å². The number of carbonyl (C=O) groups is 1. The summed E-state index contributed by atoms with van der Waals surface area (Å²) in [5, 5.41) is 14.5. The van der Waals surface area contributed by atoms with Crippen LogP contribution < -0.4 is 5.32 Å². The van der Waals surface area contributed by atoms with Crippen LogP contribution in [-0.4, -0.2) is 22.2 Å². The van der Waals surface area contributed by atoms with E-state index in [0.717, 1.165) is 0 Å². The normalized spacial score (nSPS) is 12.3. The van der Waals surface area contributed by atoms with Crippen molar-refractivity contribution >= 4 is 27.5 Å². The summed E-state index contributed by atoms with van der Waals surface area (Å²) in [7, 11) is 0. The zero-order valence-corrected chi connectivity index (χ0v) is 12.7. The van der Waals surface area contributed by atoms with E-state index in [1.54, 1.807) is 19.1 Å². The molecule has 1 rings (SSSR count). The summed E-state index contributed by atoms with van der Waals surface area (Å²) in [6, 6.07) is 4.69. The fourth-order valence-electron chi connectivity index (χ4n) is 1.71. The SMILES string of the molecule is Cc1cccc(C(=O)NC(CBr)C(C)C)c1[N+](=O)[O-]. The highest BCUT2D eigenvalue weighted by Crippen LogP contribution is 2.23. The second kappa shape index (κ2) is 6.65. The Balaban J connectivity index is 3.07. The predicted octanol–water partition coefficient (Wildman–Crippen LogP) is 3.05. The van der Waals surface area contributed by atoms with Gasteiger partial charge in [0.1, 0.15) is 5.56 Å². The lowest BCUT2D eigenvalue weighted by Gasteiger charge is -2.20. The van der Waals surface area contributed by atoms with Crippen LogP contribution in [0.15, 0.2) is 18.2 Å². The zero-order valence-electron chi connectivity index (χ0n) is 11.1. The molecule has 0 saturated carbocycles. The molecule has 0 spiro atoms. The fraction of sp³-hybridized carbons (Fsp3) is 0.462. The van der Waals surface area contributed by atoms with E-state index in [1.807, 2.05) is 13.8 Å². The molecular formula is C13H17BrN2O3. The highest BCUT2D eigenvalue weighted by Gasteiger charge is 2.24. The Bertz CT molecular complexity index is 489. The van der Waals surface area contributed by atoms with Crippen LogP contribution in [0.3, 0.4) is 0 Å². The van der Waals surface area contributed by atoms with Gasteiger partial charge >= 0.3 is 0 Å². The van der Waals surface area contributed by atoms with Gasteiger partial charge in [0.2, 0.25) is 0 Å². The Hall–Kier alpha value is -1.43. The average molecular weight is 329 g/mol. The topological polar surface area (TPSA) is 72.2 Å². The first kappa shape index (κ1) is 15.6. The van der Waals surface area contributed by atoms with Crippen molar-refractivity contribution in [2.45, 2.75) is 26.8 Å². The van der Waals surface area contributed by atoms with Gasteiger partial charge in [-0.3, -0.25) is 14.9 Å². The number of nitrogens with one attached hydrogen (secondary N) is 1. The first-order valence-electron chi connectivity index (χ1n) is 5.99. The van der Waals surface area contributed by atoms with Gasteiger partial charge in [0.05, 0.1) is 4.92 Å². The number of hydrogen-bond donors (Lipinski definition) is 1. The molecule has 6 heteroatoms. The summed E-state index contributed by atoms with van der Waals surface area (Å²) in [4.78, 5) is 22.7. The van der Waals surface area contributed by atoms with Crippen LogP contribution >= 0.6 is 15.9 Å². The van der Waals surface area contributed by atoms with Gasteiger partial charge in [-0.25, -0.2) is 0 Å². The van der Waals surface area contributed by atoms with Crippen molar-refractivity contribution in [3.63, 3.8) is 0 Å². The van der Waals surface area contributed by atoms with Gasteiger partial charge < -0.3 is 5.32 Å². The maximum atomic E-state index is 12.2. The Morgan fingerprint density at radius 2 is 2.11 bits per heavy atom. The van der Waals surface area contributed by atoms with E-state index in [1.165, 1.54) is 6.07 Å². The van der Waals surface area contributed by atoms with Crippen molar-refractivity contribution in [3.8, 4) is 0 Å². The number of rotatable bonds is 5. The quantitative estimate of drug-likeness (QED) is 0.513. The largest absolute Gasteiger partial charge is 0.348 e. The summed E-state index contributed by atoms with van der Waals surface area (Å²) in [6.45, 7) is 5.59. The lowest BCUT2D eigenvalue weighted by atomic mass is 10.0. The average Bonchev–Trinajstić information content (AvgIpc) is 2.34. The predicted molar refractivity (Wildman–Crippen MR) is 77.7 cm³/mol. The van der Waals surface area contributed by atoms with Gasteiger partial charge in [-0.15, -0.1) is 0 Å². The highest BCUT2D eigenvalue weighted by molar-refractivity contribution is 9.09. The molecule has 0 radical (unpaired) electrons. The Morgan fingerprint density at radius 1 is 1.47 bits per heavy atom. The number of nitro groups is 1. The zero-order chi connectivity index (χ0) is 14.6. The van der Waals surface area contributed by atoms with Crippen LogP contribution in [-0.2, 0) is 0 Å². The number of amides is 1. The van der Waals surface area contributed by atoms with E-state index in [2.05, 4.69) is 21.2 Å². The number of aryl methyl sites for hydroxylation is 1. The molecule has 0 heterocycles. The van der Waals surface area contributed by atoms with Crippen LogP contribution in [0.25, 0.3) is 0 Å². The minimum Gasteiger partial charge on any atom is -0.348 e. The van der Waals surface area contributed by atoms with Crippen LogP contribution in [0.2, 0.25) is 0 Å². The molecule has 0 aromatic heterocycles. The van der Waals surface area contributed by atoms with Gasteiger partial charge in [0, 0.05) is 16.9 Å². The van der Waals surface area contributed by atoms with Crippen LogP contribution in [0.1, 0.15) is 29.8 Å². The standard InChI is InChI=1S/C13H17BrN2O3/c1-8(2)11(7-14)15-13(17)10-6-4-5-9(3)12(10)16(18)19/h4-6,8,11H,7H2,1-3H3,(H,15,17). The van der Waals surface area contributed by atoms with Gasteiger partial charge in [0.25, 0.3) is 11.6 Å². The first-order chi connectivity index (χ1) is 8.88. The monoisotopic (exact) mass is 328 g/mol. The number of nitro benzene ring substituents is 1. The lowest BCUT2D eigenvalue weighted by molar-refractivity contribution is -0.385. The summed E-state index contributed by atoms with van der Waals surface area (Å²) in [5.74, 6) is -0.166. The molecule has 0 bridgehead atoms. The van der Waals surface area contributed by atoms with E-state index in [-0.39, 0.29) is 23.2 Å². The molecule has 1 N–H and O–H groups in total. The smallest absolute Gasteiger partial charge is 0.285 e. The molecule has 1 aromatic rings. The van der Waals surface area contributed by atoms with Crippen LogP contribution in [0.4, 0.5) is 5.69 Å². The Labute approximate surface area is 120 Å². The molecule has 1 atom stereocenters. The molecule has 19 heavy (non-hydrogen) atoms. The summed E-state index contributed by atoms with van der Waals surface area (Å²) < 4.78 is 0. The molecule has 0 saturated heterocycles. The van der Waals surface area contributed by atoms with Crippen molar-refractivity contribution < 1.29 is 9.72 Å². The number of benzene rings is 1. The Kier molecular flexibility index (Phi) is 5.47. The molecule has 1 amide bonds. The molecule has 104 valence electrons. The van der Waals surface area contributed by atoms with E-state index < -0.39 is 10.8 Å². The molecule has 0 aliphatic rings. The number of alkyl halides is 1. The van der Waals surface area contributed by atoms with Gasteiger partial charge in [-0.1, -0.05) is 41.9 Å². The van der Waals surface area contributed by atoms with Crippen LogP contribution in [0, 0.1) is 23.0 Å². The number of carbonyl (C=O) groups excluding carboxylic acids is 1. The third-order valence-corrected chi connectivity index (χ3v) is 3.65. The van der Waals surface area contributed by atoms with E-state index in [0.29, 0.717) is 10.9 Å². The fourth-order valence-corrected chi connectivity index (χ4v) is 2.62. The Morgan fingerprint density at radius 3 is 2.58 bits per heavy atom. The van der Waals surface area contributed by atoms with Crippen molar-refractivity contribution in [1.29, 1.82) is 0 Å². The highest BCUT2D eigenvalue weighted by atomic mass is 79.9. The number of halogens is 1. The number of nitrogens with zero attached hydrogens (tertiary/aromatic N) is 1.